The molecule has 0 fully saturated rings. The summed E-state index contributed by atoms with van der Waals surface area (Å²) in [6.07, 6.45) is 1.78. The topological polar surface area (TPSA) is 62.5 Å². The van der Waals surface area contributed by atoms with Gasteiger partial charge in [0.1, 0.15) is 5.69 Å². The molecule has 1 heterocycles. The fraction of sp³-hybridized carbons (Fsp3) is 0.538. The third kappa shape index (κ3) is 3.91. The van der Waals surface area contributed by atoms with E-state index in [1.54, 1.807) is 34.8 Å². The van der Waals surface area contributed by atoms with E-state index in [4.69, 9.17) is 5.11 Å². The molecule has 5 heteroatoms. The molecule has 18 heavy (non-hydrogen) atoms. The van der Waals surface area contributed by atoms with Gasteiger partial charge in [-0.3, -0.25) is 9.59 Å². The van der Waals surface area contributed by atoms with E-state index in [9.17, 15) is 9.59 Å². The minimum Gasteiger partial charge on any atom is -0.481 e. The molecular formula is C13H20N2O3. The number of carbonyl (C=O) groups is 2. The minimum atomic E-state index is -0.886. The zero-order chi connectivity index (χ0) is 13.7. The number of hydrogen-bond acceptors (Lipinski definition) is 2. The molecule has 0 saturated carbocycles. The number of carbonyl (C=O) groups excluding carboxylic acids is 1. The molecule has 0 aliphatic carbocycles. The van der Waals surface area contributed by atoms with Crippen LogP contribution in [0, 0.1) is 5.92 Å². The summed E-state index contributed by atoms with van der Waals surface area (Å²) in [5.41, 5.74) is 0.584. The maximum atomic E-state index is 12.3. The van der Waals surface area contributed by atoms with Crippen molar-refractivity contribution >= 4 is 11.9 Å². The number of aliphatic carboxylic acids is 1. The molecular weight excluding hydrogens is 232 g/mol. The van der Waals surface area contributed by atoms with Gasteiger partial charge in [-0.15, -0.1) is 0 Å². The van der Waals surface area contributed by atoms with Crippen LogP contribution in [0.5, 0.6) is 0 Å². The molecule has 0 aromatic carbocycles. The van der Waals surface area contributed by atoms with Crippen molar-refractivity contribution in [2.24, 2.45) is 13.0 Å². The number of amides is 1. The van der Waals surface area contributed by atoms with Crippen molar-refractivity contribution < 1.29 is 14.7 Å². The summed E-state index contributed by atoms with van der Waals surface area (Å²) in [7, 11) is 1.80. The van der Waals surface area contributed by atoms with Crippen LogP contribution in [-0.2, 0) is 11.8 Å². The van der Waals surface area contributed by atoms with Gasteiger partial charge in [0.2, 0.25) is 0 Å². The Morgan fingerprint density at radius 1 is 1.44 bits per heavy atom. The average molecular weight is 252 g/mol. The van der Waals surface area contributed by atoms with Gasteiger partial charge in [-0.05, 0) is 18.1 Å². The lowest BCUT2D eigenvalue weighted by molar-refractivity contribution is -0.137. The number of rotatable bonds is 6. The molecule has 1 N–H and O–H groups in total. The van der Waals surface area contributed by atoms with Gasteiger partial charge in [0.25, 0.3) is 5.91 Å². The summed E-state index contributed by atoms with van der Waals surface area (Å²) >= 11 is 0. The van der Waals surface area contributed by atoms with Crippen molar-refractivity contribution in [2.75, 3.05) is 13.1 Å². The second kappa shape index (κ2) is 6.23. The Bertz CT molecular complexity index is 424. The van der Waals surface area contributed by atoms with Gasteiger partial charge in [-0.1, -0.05) is 13.8 Å². The lowest BCUT2D eigenvalue weighted by atomic mass is 10.2. The van der Waals surface area contributed by atoms with Crippen molar-refractivity contribution in [3.63, 3.8) is 0 Å². The van der Waals surface area contributed by atoms with Crippen LogP contribution in [0.15, 0.2) is 18.3 Å². The smallest absolute Gasteiger partial charge is 0.305 e. The lowest BCUT2D eigenvalue weighted by Crippen LogP contribution is -2.36. The summed E-state index contributed by atoms with van der Waals surface area (Å²) < 4.78 is 1.75. The molecule has 5 nitrogen and oxygen atoms in total. The average Bonchev–Trinajstić information content (AvgIpc) is 2.69. The molecule has 0 aliphatic heterocycles. The highest BCUT2D eigenvalue weighted by Gasteiger charge is 2.19. The first kappa shape index (κ1) is 14.3. The number of aromatic nitrogens is 1. The SMILES string of the molecule is CC(C)CN(CCC(=O)O)C(=O)c1cccn1C. The number of carboxylic acids is 1. The predicted molar refractivity (Wildman–Crippen MR) is 68.4 cm³/mol. The molecule has 0 spiro atoms. The highest BCUT2D eigenvalue weighted by molar-refractivity contribution is 5.93. The summed E-state index contributed by atoms with van der Waals surface area (Å²) in [4.78, 5) is 24.5. The fourth-order valence-electron chi connectivity index (χ4n) is 1.79. The maximum absolute atomic E-state index is 12.3. The minimum absolute atomic E-state index is 0.0249. The summed E-state index contributed by atoms with van der Waals surface area (Å²) in [6, 6.07) is 3.55. The molecule has 100 valence electrons. The summed E-state index contributed by atoms with van der Waals surface area (Å²) in [5, 5.41) is 8.72. The first-order chi connectivity index (χ1) is 8.41. The number of aryl methyl sites for hydroxylation is 1. The Morgan fingerprint density at radius 2 is 2.11 bits per heavy atom. The Hall–Kier alpha value is -1.78. The van der Waals surface area contributed by atoms with E-state index in [2.05, 4.69) is 0 Å². The van der Waals surface area contributed by atoms with Gasteiger partial charge in [-0.25, -0.2) is 0 Å². The Labute approximate surface area is 107 Å². The van der Waals surface area contributed by atoms with Crippen LogP contribution < -0.4 is 0 Å². The quantitative estimate of drug-likeness (QED) is 0.836. The Kier molecular flexibility index (Phi) is 4.95. The van der Waals surface area contributed by atoms with Crippen molar-refractivity contribution in [1.29, 1.82) is 0 Å². The standard InChI is InChI=1S/C13H20N2O3/c1-10(2)9-15(8-6-12(16)17)13(18)11-5-4-7-14(11)3/h4-5,7,10H,6,8-9H2,1-3H3,(H,16,17). The molecule has 1 aromatic rings. The van der Waals surface area contributed by atoms with Crippen LogP contribution in [-0.4, -0.2) is 39.5 Å². The van der Waals surface area contributed by atoms with Crippen LogP contribution in [0.25, 0.3) is 0 Å². The molecule has 0 bridgehead atoms. The molecule has 1 amide bonds. The molecule has 1 aromatic heterocycles. The van der Waals surface area contributed by atoms with Gasteiger partial charge in [0.05, 0.1) is 6.42 Å². The highest BCUT2D eigenvalue weighted by atomic mass is 16.4. The van der Waals surface area contributed by atoms with Gasteiger partial charge in [0.15, 0.2) is 0 Å². The Balaban J connectivity index is 2.78. The van der Waals surface area contributed by atoms with Crippen molar-refractivity contribution in [2.45, 2.75) is 20.3 Å². The van der Waals surface area contributed by atoms with E-state index in [-0.39, 0.29) is 18.9 Å². The first-order valence-electron chi connectivity index (χ1n) is 6.04. The van der Waals surface area contributed by atoms with E-state index < -0.39 is 5.97 Å². The van der Waals surface area contributed by atoms with Crippen LogP contribution in [0.3, 0.4) is 0 Å². The number of nitrogens with zero attached hydrogens (tertiary/aromatic N) is 2. The van der Waals surface area contributed by atoms with E-state index in [0.717, 1.165) is 0 Å². The Morgan fingerprint density at radius 3 is 2.56 bits per heavy atom. The van der Waals surface area contributed by atoms with Crippen molar-refractivity contribution in [3.05, 3.63) is 24.0 Å². The molecule has 0 unspecified atom stereocenters. The second-order valence-corrected chi connectivity index (χ2v) is 4.79. The largest absolute Gasteiger partial charge is 0.481 e. The van der Waals surface area contributed by atoms with E-state index in [1.807, 2.05) is 13.8 Å². The van der Waals surface area contributed by atoms with Crippen molar-refractivity contribution in [3.8, 4) is 0 Å². The zero-order valence-electron chi connectivity index (χ0n) is 11.1. The van der Waals surface area contributed by atoms with E-state index in [0.29, 0.717) is 18.2 Å². The second-order valence-electron chi connectivity index (χ2n) is 4.79. The monoisotopic (exact) mass is 252 g/mol. The zero-order valence-corrected chi connectivity index (χ0v) is 11.1. The van der Waals surface area contributed by atoms with Gasteiger partial charge in [-0.2, -0.15) is 0 Å². The predicted octanol–water partition coefficient (Wildman–Crippen LogP) is 1.60. The molecule has 0 saturated heterocycles. The fourth-order valence-corrected chi connectivity index (χ4v) is 1.79. The normalized spacial score (nSPS) is 10.7. The van der Waals surface area contributed by atoms with E-state index >= 15 is 0 Å². The third-order valence-corrected chi connectivity index (χ3v) is 2.63. The summed E-state index contributed by atoms with van der Waals surface area (Å²) in [5.74, 6) is -0.691. The lowest BCUT2D eigenvalue weighted by Gasteiger charge is -2.24. The van der Waals surface area contributed by atoms with E-state index in [1.165, 1.54) is 0 Å². The van der Waals surface area contributed by atoms with Crippen molar-refractivity contribution in [1.82, 2.24) is 9.47 Å². The molecule has 0 atom stereocenters. The highest BCUT2D eigenvalue weighted by Crippen LogP contribution is 2.08. The third-order valence-electron chi connectivity index (χ3n) is 2.63. The van der Waals surface area contributed by atoms with Gasteiger partial charge >= 0.3 is 5.97 Å². The number of hydrogen-bond donors (Lipinski definition) is 1. The van der Waals surface area contributed by atoms with Gasteiger partial charge in [0, 0.05) is 26.3 Å². The first-order valence-corrected chi connectivity index (χ1v) is 6.04. The van der Waals surface area contributed by atoms with Gasteiger partial charge < -0.3 is 14.6 Å². The maximum Gasteiger partial charge on any atom is 0.305 e. The van der Waals surface area contributed by atoms with Crippen LogP contribution in [0.4, 0.5) is 0 Å². The van der Waals surface area contributed by atoms with Crippen LogP contribution in [0.1, 0.15) is 30.8 Å². The number of carboxylic acid groups (broad SMARTS) is 1. The molecule has 0 radical (unpaired) electrons. The van der Waals surface area contributed by atoms with Crippen LogP contribution >= 0.6 is 0 Å². The molecule has 0 aliphatic rings. The molecule has 1 rings (SSSR count). The summed E-state index contributed by atoms with van der Waals surface area (Å²) in [6.45, 7) is 4.83. The van der Waals surface area contributed by atoms with Crippen LogP contribution in [0.2, 0.25) is 0 Å².